The van der Waals surface area contributed by atoms with Crippen molar-refractivity contribution in [2.24, 2.45) is 10.7 Å². The summed E-state index contributed by atoms with van der Waals surface area (Å²) in [5, 5.41) is 2.74. The van der Waals surface area contributed by atoms with Crippen molar-refractivity contribution >= 4 is 23.4 Å². The molecule has 1 heterocycles. The van der Waals surface area contributed by atoms with E-state index in [1.54, 1.807) is 20.2 Å². The van der Waals surface area contributed by atoms with Crippen LogP contribution >= 0.6 is 0 Å². The van der Waals surface area contributed by atoms with E-state index in [0.717, 1.165) is 34.4 Å². The molecule has 0 aliphatic rings. The lowest BCUT2D eigenvalue weighted by Gasteiger charge is -2.16. The molecular formula is C25H28N6O4. The van der Waals surface area contributed by atoms with E-state index in [4.69, 9.17) is 16.2 Å². The molecule has 0 fully saturated rings. The molecule has 2 aromatic carbocycles. The molecule has 1 aromatic heterocycles. The minimum Gasteiger partial charge on any atom is -0.497 e. The van der Waals surface area contributed by atoms with Crippen molar-refractivity contribution in [3.63, 3.8) is 0 Å². The number of aliphatic imine (C=N–C) groups is 1. The van der Waals surface area contributed by atoms with Crippen molar-refractivity contribution in [1.82, 2.24) is 15.3 Å². The number of carbonyl (C=O) groups excluding carboxylic acids is 1. The predicted octanol–water partition coefficient (Wildman–Crippen LogP) is 1.76. The first-order valence-corrected chi connectivity index (χ1v) is 10.9. The van der Waals surface area contributed by atoms with Gasteiger partial charge in [-0.05, 0) is 48.2 Å². The highest BCUT2D eigenvalue weighted by Gasteiger charge is 2.17. The second-order valence-corrected chi connectivity index (χ2v) is 7.77. The van der Waals surface area contributed by atoms with E-state index < -0.39 is 23.2 Å². The number of amides is 1. The number of rotatable bonds is 9. The average Bonchev–Trinajstić information content (AvgIpc) is 2.86. The Morgan fingerprint density at radius 1 is 1.17 bits per heavy atom. The molecule has 0 bridgehead atoms. The standard InChI is InChI=1S/C25H28N6O4/c1-15(29-24(33)22-21(27)23(32)31-25(34)30-22)17-4-3-5-18(12-17)19(13-26)14-28-11-10-16-6-8-20(35-2)9-7-16/h3-9,12-15H,10-11,26-27H2,1-2H3,(H,29,33)(H2,30,31,32,34)/t15-/m1/s1. The minimum atomic E-state index is -0.822. The maximum absolute atomic E-state index is 12.6. The van der Waals surface area contributed by atoms with Crippen LogP contribution in [0.3, 0.4) is 0 Å². The van der Waals surface area contributed by atoms with Crippen LogP contribution in [0.5, 0.6) is 5.75 Å². The summed E-state index contributed by atoms with van der Waals surface area (Å²) in [5.41, 5.74) is 12.7. The lowest BCUT2D eigenvalue weighted by Crippen LogP contribution is -2.34. The number of methoxy groups -OCH3 is 1. The fourth-order valence-electron chi connectivity index (χ4n) is 3.38. The first-order valence-electron chi connectivity index (χ1n) is 10.9. The van der Waals surface area contributed by atoms with Gasteiger partial charge in [0.1, 0.15) is 17.1 Å². The van der Waals surface area contributed by atoms with Gasteiger partial charge in [0.05, 0.1) is 13.2 Å². The Bertz CT molecular complexity index is 1360. The third kappa shape index (κ3) is 6.47. The Hall–Kier alpha value is -4.60. The van der Waals surface area contributed by atoms with Crippen LogP contribution in [0.25, 0.3) is 5.57 Å². The van der Waals surface area contributed by atoms with Crippen molar-refractivity contribution in [3.8, 4) is 5.75 Å². The molecule has 0 aliphatic carbocycles. The van der Waals surface area contributed by atoms with Gasteiger partial charge < -0.3 is 26.5 Å². The molecule has 0 saturated heterocycles. The van der Waals surface area contributed by atoms with Gasteiger partial charge in [-0.3, -0.25) is 19.6 Å². The number of nitrogens with two attached hydrogens (primary N) is 2. The van der Waals surface area contributed by atoms with E-state index in [1.165, 1.54) is 6.20 Å². The zero-order valence-corrected chi connectivity index (χ0v) is 19.5. The lowest BCUT2D eigenvalue weighted by atomic mass is 10.0. The quantitative estimate of drug-likeness (QED) is 0.295. The Kier molecular flexibility index (Phi) is 8.23. The minimum absolute atomic E-state index is 0.284. The monoisotopic (exact) mass is 476 g/mol. The number of allylic oxidation sites excluding steroid dienone is 1. The number of hydrogen-bond donors (Lipinski definition) is 5. The highest BCUT2D eigenvalue weighted by molar-refractivity contribution is 6.09. The fraction of sp³-hybridized carbons (Fsp3) is 0.200. The number of nitrogens with zero attached hydrogens (tertiary/aromatic N) is 1. The number of carbonyl (C=O) groups is 1. The molecule has 0 unspecified atom stereocenters. The summed E-state index contributed by atoms with van der Waals surface area (Å²) in [6, 6.07) is 14.8. The van der Waals surface area contributed by atoms with E-state index in [-0.39, 0.29) is 11.4 Å². The maximum Gasteiger partial charge on any atom is 0.326 e. The fourth-order valence-corrected chi connectivity index (χ4v) is 3.38. The number of benzene rings is 2. The van der Waals surface area contributed by atoms with Crippen molar-refractivity contribution in [3.05, 3.63) is 98.0 Å². The summed E-state index contributed by atoms with van der Waals surface area (Å²) in [6.07, 6.45) is 3.96. The maximum atomic E-state index is 12.6. The molecule has 35 heavy (non-hydrogen) atoms. The van der Waals surface area contributed by atoms with Gasteiger partial charge in [0.15, 0.2) is 0 Å². The molecule has 0 radical (unpaired) electrons. The molecule has 0 saturated carbocycles. The zero-order valence-electron chi connectivity index (χ0n) is 19.5. The van der Waals surface area contributed by atoms with Crippen LogP contribution in [0.4, 0.5) is 5.69 Å². The van der Waals surface area contributed by atoms with Gasteiger partial charge in [-0.25, -0.2) is 4.79 Å². The average molecular weight is 477 g/mol. The number of hydrogen-bond acceptors (Lipinski definition) is 7. The number of H-pyrrole nitrogens is 2. The number of nitrogens with one attached hydrogen (secondary N) is 3. The number of ether oxygens (including phenoxy) is 1. The van der Waals surface area contributed by atoms with Crippen LogP contribution in [-0.2, 0) is 6.42 Å². The third-order valence-electron chi connectivity index (χ3n) is 5.37. The Balaban J connectivity index is 1.67. The van der Waals surface area contributed by atoms with E-state index >= 15 is 0 Å². The van der Waals surface area contributed by atoms with Crippen molar-refractivity contribution in [2.75, 3.05) is 19.4 Å². The highest BCUT2D eigenvalue weighted by Crippen LogP contribution is 2.19. The molecule has 1 amide bonds. The summed E-state index contributed by atoms with van der Waals surface area (Å²) in [7, 11) is 1.63. The summed E-state index contributed by atoms with van der Waals surface area (Å²) in [4.78, 5) is 44.5. The van der Waals surface area contributed by atoms with Gasteiger partial charge in [-0.15, -0.1) is 0 Å². The third-order valence-corrected chi connectivity index (χ3v) is 5.37. The van der Waals surface area contributed by atoms with E-state index in [0.29, 0.717) is 6.54 Å². The molecule has 3 rings (SSSR count). The SMILES string of the molecule is COc1ccc(CCN=CC(=CN)c2cccc([C@@H](C)NC(=O)c3[nH]c(=O)[nH]c(=O)c3N)c2)cc1. The van der Waals surface area contributed by atoms with Crippen LogP contribution in [0.15, 0.2) is 69.3 Å². The van der Waals surface area contributed by atoms with E-state index in [9.17, 15) is 14.4 Å². The van der Waals surface area contributed by atoms with Crippen LogP contribution in [-0.4, -0.2) is 35.7 Å². The van der Waals surface area contributed by atoms with Crippen molar-refractivity contribution in [2.45, 2.75) is 19.4 Å². The predicted molar refractivity (Wildman–Crippen MR) is 137 cm³/mol. The van der Waals surface area contributed by atoms with Crippen LogP contribution in [0, 0.1) is 0 Å². The van der Waals surface area contributed by atoms with Crippen molar-refractivity contribution in [1.29, 1.82) is 0 Å². The van der Waals surface area contributed by atoms with Crippen molar-refractivity contribution < 1.29 is 9.53 Å². The summed E-state index contributed by atoms with van der Waals surface area (Å²) < 4.78 is 5.17. The van der Waals surface area contributed by atoms with Crippen LogP contribution in [0.2, 0.25) is 0 Å². The molecule has 7 N–H and O–H groups in total. The molecular weight excluding hydrogens is 448 g/mol. The van der Waals surface area contributed by atoms with Crippen LogP contribution in [0.1, 0.15) is 40.1 Å². The summed E-state index contributed by atoms with van der Waals surface area (Å²) >= 11 is 0. The largest absolute Gasteiger partial charge is 0.497 e. The van der Waals surface area contributed by atoms with Crippen LogP contribution < -0.4 is 32.8 Å². The lowest BCUT2D eigenvalue weighted by molar-refractivity contribution is 0.0935. The smallest absolute Gasteiger partial charge is 0.326 e. The Morgan fingerprint density at radius 2 is 1.91 bits per heavy atom. The molecule has 0 aliphatic heterocycles. The molecule has 0 spiro atoms. The first kappa shape index (κ1) is 25.0. The molecule has 1 atom stereocenters. The van der Waals surface area contributed by atoms with Gasteiger partial charge in [0, 0.05) is 24.5 Å². The van der Waals surface area contributed by atoms with Gasteiger partial charge in [-0.2, -0.15) is 0 Å². The molecule has 10 heteroatoms. The zero-order chi connectivity index (χ0) is 25.4. The van der Waals surface area contributed by atoms with Gasteiger partial charge >= 0.3 is 5.69 Å². The normalized spacial score (nSPS) is 12.5. The molecule has 3 aromatic rings. The summed E-state index contributed by atoms with van der Waals surface area (Å²) in [5.74, 6) is 0.142. The number of aromatic amines is 2. The Labute approximate surface area is 201 Å². The Morgan fingerprint density at radius 3 is 2.60 bits per heavy atom. The van der Waals surface area contributed by atoms with E-state index in [2.05, 4.69) is 15.3 Å². The summed E-state index contributed by atoms with van der Waals surface area (Å²) in [6.45, 7) is 2.36. The molecule has 10 nitrogen and oxygen atoms in total. The molecule has 182 valence electrons. The van der Waals surface area contributed by atoms with Gasteiger partial charge in [0.25, 0.3) is 11.5 Å². The number of aromatic nitrogens is 2. The van der Waals surface area contributed by atoms with Gasteiger partial charge in [0.2, 0.25) is 0 Å². The second-order valence-electron chi connectivity index (χ2n) is 7.77. The number of anilines is 1. The highest BCUT2D eigenvalue weighted by atomic mass is 16.5. The second kappa shape index (κ2) is 11.5. The van der Waals surface area contributed by atoms with Gasteiger partial charge in [-0.1, -0.05) is 30.3 Å². The van der Waals surface area contributed by atoms with E-state index in [1.807, 2.05) is 53.5 Å². The number of nitrogen functional groups attached to an aromatic ring is 1. The first-order chi connectivity index (χ1) is 16.8. The topological polar surface area (TPSA) is 168 Å².